The molecule has 1 atom stereocenters. The van der Waals surface area contributed by atoms with Crippen LogP contribution in [-0.4, -0.2) is 54.1 Å². The average Bonchev–Trinajstić information content (AvgIpc) is 2.79. The molecule has 0 saturated carbocycles. The van der Waals surface area contributed by atoms with Gasteiger partial charge in [0.1, 0.15) is 5.75 Å². The molecule has 29 heavy (non-hydrogen) atoms. The summed E-state index contributed by atoms with van der Waals surface area (Å²) in [6.07, 6.45) is 11.7. The van der Waals surface area contributed by atoms with E-state index in [1.54, 1.807) is 7.11 Å². The summed E-state index contributed by atoms with van der Waals surface area (Å²) in [5, 5.41) is 0. The molecule has 0 bridgehead atoms. The van der Waals surface area contributed by atoms with E-state index < -0.39 is 0 Å². The van der Waals surface area contributed by atoms with Crippen LogP contribution < -0.4 is 4.74 Å². The molecule has 1 aromatic carbocycles. The molecule has 2 fully saturated rings. The summed E-state index contributed by atoms with van der Waals surface area (Å²) < 4.78 is 5.37. The van der Waals surface area contributed by atoms with Gasteiger partial charge in [0.25, 0.3) is 0 Å². The standard InChI is InChI=1S/C25H35N3O/c1-29-25-8-2-5-21(17-25)9-10-22-7-4-14-28(20-22)24-11-15-27(16-12-24)19-23-6-3-13-26-18-23/h2-3,5-6,8,13,17-18,22,24H,4,7,9-12,14-16,19-20H2,1H3/t22-/m1/s1. The van der Waals surface area contributed by atoms with Gasteiger partial charge in [-0.05, 0) is 93.4 Å². The first kappa shape index (κ1) is 20.4. The number of aromatic nitrogens is 1. The van der Waals surface area contributed by atoms with Gasteiger partial charge in [-0.25, -0.2) is 0 Å². The van der Waals surface area contributed by atoms with E-state index in [0.717, 1.165) is 24.3 Å². The first-order valence-electron chi connectivity index (χ1n) is 11.3. The first-order valence-corrected chi connectivity index (χ1v) is 11.3. The average molecular weight is 394 g/mol. The summed E-state index contributed by atoms with van der Waals surface area (Å²) in [5.74, 6) is 1.81. The zero-order chi connectivity index (χ0) is 19.9. The minimum Gasteiger partial charge on any atom is -0.497 e. The number of rotatable bonds is 7. The van der Waals surface area contributed by atoms with Crippen molar-refractivity contribution < 1.29 is 4.74 Å². The summed E-state index contributed by atoms with van der Waals surface area (Å²) in [4.78, 5) is 9.66. The normalized spacial score (nSPS) is 21.9. The van der Waals surface area contributed by atoms with Crippen molar-refractivity contribution in [2.75, 3.05) is 33.3 Å². The lowest BCUT2D eigenvalue weighted by atomic mass is 9.89. The van der Waals surface area contributed by atoms with Gasteiger partial charge in [0.15, 0.2) is 0 Å². The van der Waals surface area contributed by atoms with Gasteiger partial charge in [-0.3, -0.25) is 9.88 Å². The molecule has 1 aromatic heterocycles. The lowest BCUT2D eigenvalue weighted by molar-refractivity contribution is 0.0674. The zero-order valence-corrected chi connectivity index (χ0v) is 17.8. The summed E-state index contributed by atoms with van der Waals surface area (Å²) in [7, 11) is 1.75. The van der Waals surface area contributed by atoms with Crippen molar-refractivity contribution in [1.82, 2.24) is 14.8 Å². The van der Waals surface area contributed by atoms with Crippen LogP contribution in [0.15, 0.2) is 48.8 Å². The molecule has 0 N–H and O–H groups in total. The predicted molar refractivity (Wildman–Crippen MR) is 118 cm³/mol. The highest BCUT2D eigenvalue weighted by molar-refractivity contribution is 5.28. The van der Waals surface area contributed by atoms with E-state index in [4.69, 9.17) is 4.74 Å². The van der Waals surface area contributed by atoms with Crippen molar-refractivity contribution in [2.45, 2.75) is 51.1 Å². The van der Waals surface area contributed by atoms with Gasteiger partial charge in [0, 0.05) is 31.5 Å². The molecule has 156 valence electrons. The molecule has 4 heteroatoms. The molecule has 2 aliphatic rings. The van der Waals surface area contributed by atoms with Gasteiger partial charge in [0.2, 0.25) is 0 Å². The summed E-state index contributed by atoms with van der Waals surface area (Å²) >= 11 is 0. The van der Waals surface area contributed by atoms with Crippen molar-refractivity contribution >= 4 is 0 Å². The lowest BCUT2D eigenvalue weighted by Crippen LogP contribution is -2.48. The fraction of sp³-hybridized carbons (Fsp3) is 0.560. The number of methoxy groups -OCH3 is 1. The van der Waals surface area contributed by atoms with E-state index in [-0.39, 0.29) is 0 Å². The largest absolute Gasteiger partial charge is 0.497 e. The second kappa shape index (κ2) is 10.2. The van der Waals surface area contributed by atoms with Crippen LogP contribution in [0.1, 0.15) is 43.2 Å². The Balaban J connectivity index is 1.22. The molecule has 2 aromatic rings. The highest BCUT2D eigenvalue weighted by Gasteiger charge is 2.28. The second-order valence-corrected chi connectivity index (χ2v) is 8.76. The molecule has 2 saturated heterocycles. The number of hydrogen-bond donors (Lipinski definition) is 0. The minimum absolute atomic E-state index is 0.778. The Morgan fingerprint density at radius 2 is 1.90 bits per heavy atom. The van der Waals surface area contributed by atoms with Crippen molar-refractivity contribution in [3.63, 3.8) is 0 Å². The maximum absolute atomic E-state index is 5.37. The molecular weight excluding hydrogens is 358 g/mol. The van der Waals surface area contributed by atoms with E-state index in [9.17, 15) is 0 Å². The third-order valence-electron chi connectivity index (χ3n) is 6.73. The minimum atomic E-state index is 0.778. The number of ether oxygens (including phenoxy) is 1. The van der Waals surface area contributed by atoms with Crippen LogP contribution in [0.4, 0.5) is 0 Å². The zero-order valence-electron chi connectivity index (χ0n) is 17.8. The number of piperidine rings is 2. The number of hydrogen-bond acceptors (Lipinski definition) is 4. The number of pyridine rings is 1. The highest BCUT2D eigenvalue weighted by atomic mass is 16.5. The number of benzene rings is 1. The molecule has 0 radical (unpaired) electrons. The topological polar surface area (TPSA) is 28.6 Å². The van der Waals surface area contributed by atoms with Crippen LogP contribution in [0.2, 0.25) is 0 Å². The number of likely N-dealkylation sites (tertiary alicyclic amines) is 2. The Labute approximate surface area is 175 Å². The molecule has 0 spiro atoms. The molecule has 3 heterocycles. The first-order chi connectivity index (χ1) is 14.3. The van der Waals surface area contributed by atoms with Crippen LogP contribution in [0.25, 0.3) is 0 Å². The lowest BCUT2D eigenvalue weighted by Gasteiger charge is -2.42. The molecule has 2 aliphatic heterocycles. The van der Waals surface area contributed by atoms with Crippen LogP contribution >= 0.6 is 0 Å². The molecule has 0 aliphatic carbocycles. The monoisotopic (exact) mass is 393 g/mol. The van der Waals surface area contributed by atoms with Crippen LogP contribution in [0.3, 0.4) is 0 Å². The van der Waals surface area contributed by atoms with Gasteiger partial charge < -0.3 is 9.64 Å². The van der Waals surface area contributed by atoms with Crippen LogP contribution in [-0.2, 0) is 13.0 Å². The Bertz CT molecular complexity index is 743. The molecular formula is C25H35N3O. The Kier molecular flexibility index (Phi) is 7.18. The Hall–Kier alpha value is -1.91. The van der Waals surface area contributed by atoms with Crippen molar-refractivity contribution in [3.8, 4) is 5.75 Å². The quantitative estimate of drug-likeness (QED) is 0.697. The highest BCUT2D eigenvalue weighted by Crippen LogP contribution is 2.27. The molecule has 0 unspecified atom stereocenters. The summed E-state index contributed by atoms with van der Waals surface area (Å²) in [5.41, 5.74) is 2.74. The molecule has 0 amide bonds. The van der Waals surface area contributed by atoms with Gasteiger partial charge in [-0.1, -0.05) is 18.2 Å². The van der Waals surface area contributed by atoms with Crippen molar-refractivity contribution in [2.24, 2.45) is 5.92 Å². The SMILES string of the molecule is COc1cccc(CC[C@H]2CCCN(C3CCN(Cc4cccnc4)CC3)C2)c1. The Morgan fingerprint density at radius 1 is 1.03 bits per heavy atom. The van der Waals surface area contributed by atoms with E-state index in [1.165, 1.54) is 75.8 Å². The van der Waals surface area contributed by atoms with E-state index in [0.29, 0.717) is 0 Å². The number of nitrogens with zero attached hydrogens (tertiary/aromatic N) is 3. The van der Waals surface area contributed by atoms with E-state index in [2.05, 4.69) is 39.0 Å². The van der Waals surface area contributed by atoms with E-state index >= 15 is 0 Å². The maximum atomic E-state index is 5.37. The maximum Gasteiger partial charge on any atom is 0.119 e. The molecule has 4 rings (SSSR count). The fourth-order valence-electron chi connectivity index (χ4n) is 5.06. The summed E-state index contributed by atoms with van der Waals surface area (Å²) in [6.45, 7) is 6.05. The molecule has 4 nitrogen and oxygen atoms in total. The van der Waals surface area contributed by atoms with Gasteiger partial charge in [-0.2, -0.15) is 0 Å². The van der Waals surface area contributed by atoms with Gasteiger partial charge in [-0.15, -0.1) is 0 Å². The van der Waals surface area contributed by atoms with Crippen LogP contribution in [0.5, 0.6) is 5.75 Å². The van der Waals surface area contributed by atoms with Crippen LogP contribution in [0, 0.1) is 5.92 Å². The Morgan fingerprint density at radius 3 is 2.69 bits per heavy atom. The third-order valence-corrected chi connectivity index (χ3v) is 6.73. The number of aryl methyl sites for hydroxylation is 1. The summed E-state index contributed by atoms with van der Waals surface area (Å²) in [6, 6.07) is 13.6. The van der Waals surface area contributed by atoms with Gasteiger partial charge >= 0.3 is 0 Å². The predicted octanol–water partition coefficient (Wildman–Crippen LogP) is 4.40. The van der Waals surface area contributed by atoms with E-state index in [1.807, 2.05) is 24.5 Å². The second-order valence-electron chi connectivity index (χ2n) is 8.76. The van der Waals surface area contributed by atoms with Crippen molar-refractivity contribution in [3.05, 3.63) is 59.9 Å². The fourth-order valence-corrected chi connectivity index (χ4v) is 5.06. The van der Waals surface area contributed by atoms with Gasteiger partial charge in [0.05, 0.1) is 7.11 Å². The van der Waals surface area contributed by atoms with Crippen molar-refractivity contribution in [1.29, 1.82) is 0 Å². The third kappa shape index (κ3) is 5.80. The smallest absolute Gasteiger partial charge is 0.119 e.